The number of para-hydroxylation sites is 1. The van der Waals surface area contributed by atoms with E-state index in [0.29, 0.717) is 0 Å². The standard InChI is InChI=1S/C16H18N2S/c1-3-12-19-16-10-5-4-9-15(16)18-13(2)14-8-6-7-11-17-14/h3-11,13,18H,1,12H2,2H3. The highest BCUT2D eigenvalue weighted by molar-refractivity contribution is 7.99. The molecule has 3 heteroatoms. The molecule has 19 heavy (non-hydrogen) atoms. The molecule has 1 aromatic carbocycles. The van der Waals surface area contributed by atoms with Crippen molar-refractivity contribution in [3.8, 4) is 0 Å². The minimum Gasteiger partial charge on any atom is -0.376 e. The van der Waals surface area contributed by atoms with Crippen LogP contribution in [0.2, 0.25) is 0 Å². The summed E-state index contributed by atoms with van der Waals surface area (Å²) < 4.78 is 0. The first-order valence-corrected chi connectivity index (χ1v) is 7.30. The number of rotatable bonds is 6. The van der Waals surface area contributed by atoms with Crippen molar-refractivity contribution in [1.82, 2.24) is 4.98 Å². The number of nitrogens with one attached hydrogen (secondary N) is 1. The van der Waals surface area contributed by atoms with E-state index in [1.807, 2.05) is 36.5 Å². The summed E-state index contributed by atoms with van der Waals surface area (Å²) in [7, 11) is 0. The molecule has 1 atom stereocenters. The highest BCUT2D eigenvalue weighted by Crippen LogP contribution is 2.29. The van der Waals surface area contributed by atoms with Crippen molar-refractivity contribution in [1.29, 1.82) is 0 Å². The van der Waals surface area contributed by atoms with Crippen LogP contribution in [0.4, 0.5) is 5.69 Å². The van der Waals surface area contributed by atoms with E-state index in [-0.39, 0.29) is 6.04 Å². The summed E-state index contributed by atoms with van der Waals surface area (Å²) in [5.74, 6) is 0.913. The predicted octanol–water partition coefficient (Wildman–Crippen LogP) is 4.53. The zero-order valence-corrected chi connectivity index (χ0v) is 11.9. The largest absolute Gasteiger partial charge is 0.376 e. The summed E-state index contributed by atoms with van der Waals surface area (Å²) in [5.41, 5.74) is 2.19. The Bertz CT molecular complexity index is 525. The molecule has 98 valence electrons. The van der Waals surface area contributed by atoms with Crippen molar-refractivity contribution >= 4 is 17.4 Å². The van der Waals surface area contributed by atoms with E-state index in [1.165, 1.54) is 4.90 Å². The third kappa shape index (κ3) is 3.86. The minimum absolute atomic E-state index is 0.187. The van der Waals surface area contributed by atoms with Gasteiger partial charge in [-0.2, -0.15) is 0 Å². The Morgan fingerprint density at radius 1 is 1.26 bits per heavy atom. The molecule has 0 amide bonds. The van der Waals surface area contributed by atoms with Crippen molar-refractivity contribution in [2.24, 2.45) is 0 Å². The van der Waals surface area contributed by atoms with Crippen molar-refractivity contribution in [2.45, 2.75) is 17.9 Å². The first-order chi connectivity index (χ1) is 9.31. The molecule has 0 aliphatic heterocycles. The molecule has 0 bridgehead atoms. The van der Waals surface area contributed by atoms with Crippen LogP contribution < -0.4 is 5.32 Å². The van der Waals surface area contributed by atoms with Gasteiger partial charge in [-0.3, -0.25) is 4.98 Å². The van der Waals surface area contributed by atoms with Crippen LogP contribution in [-0.2, 0) is 0 Å². The quantitative estimate of drug-likeness (QED) is 0.616. The number of aromatic nitrogens is 1. The second-order valence-corrected chi connectivity index (χ2v) is 5.28. The third-order valence-corrected chi connectivity index (χ3v) is 3.82. The molecule has 1 unspecified atom stereocenters. The van der Waals surface area contributed by atoms with Gasteiger partial charge in [0.05, 0.1) is 11.7 Å². The molecular formula is C16H18N2S. The number of hydrogen-bond donors (Lipinski definition) is 1. The first kappa shape index (κ1) is 13.7. The normalized spacial score (nSPS) is 11.8. The molecule has 2 rings (SSSR count). The molecule has 0 fully saturated rings. The van der Waals surface area contributed by atoms with E-state index in [4.69, 9.17) is 0 Å². The van der Waals surface area contributed by atoms with Crippen LogP contribution in [0.1, 0.15) is 18.7 Å². The number of pyridine rings is 1. The molecule has 2 aromatic rings. The van der Waals surface area contributed by atoms with Gasteiger partial charge >= 0.3 is 0 Å². The number of benzene rings is 1. The van der Waals surface area contributed by atoms with Gasteiger partial charge in [0, 0.05) is 22.5 Å². The number of hydrogen-bond acceptors (Lipinski definition) is 3. The fourth-order valence-electron chi connectivity index (χ4n) is 1.80. The molecule has 0 radical (unpaired) electrons. The Morgan fingerprint density at radius 3 is 2.79 bits per heavy atom. The van der Waals surface area contributed by atoms with Crippen molar-refractivity contribution in [3.63, 3.8) is 0 Å². The smallest absolute Gasteiger partial charge is 0.0657 e. The molecule has 0 aliphatic carbocycles. The van der Waals surface area contributed by atoms with Crippen LogP contribution in [0.15, 0.2) is 66.2 Å². The van der Waals surface area contributed by atoms with E-state index in [1.54, 1.807) is 11.8 Å². The number of thioether (sulfide) groups is 1. The van der Waals surface area contributed by atoms with E-state index in [2.05, 4.69) is 42.0 Å². The van der Waals surface area contributed by atoms with Crippen molar-refractivity contribution < 1.29 is 0 Å². The predicted molar refractivity (Wildman–Crippen MR) is 83.6 cm³/mol. The van der Waals surface area contributed by atoms with Crippen LogP contribution >= 0.6 is 11.8 Å². The zero-order valence-electron chi connectivity index (χ0n) is 11.0. The molecule has 1 aromatic heterocycles. The highest BCUT2D eigenvalue weighted by Gasteiger charge is 2.08. The van der Waals surface area contributed by atoms with Gasteiger partial charge < -0.3 is 5.32 Å². The minimum atomic E-state index is 0.187. The molecular weight excluding hydrogens is 252 g/mol. The van der Waals surface area contributed by atoms with Gasteiger partial charge in [0.2, 0.25) is 0 Å². The summed E-state index contributed by atoms with van der Waals surface area (Å²) in [5, 5.41) is 3.52. The average molecular weight is 270 g/mol. The molecule has 0 aliphatic rings. The van der Waals surface area contributed by atoms with Crippen LogP contribution in [0, 0.1) is 0 Å². The van der Waals surface area contributed by atoms with Gasteiger partial charge in [0.25, 0.3) is 0 Å². The highest BCUT2D eigenvalue weighted by atomic mass is 32.2. The molecule has 0 saturated carbocycles. The fraction of sp³-hybridized carbons (Fsp3) is 0.188. The Labute approximate surface area is 119 Å². The summed E-state index contributed by atoms with van der Waals surface area (Å²) in [6.07, 6.45) is 3.75. The summed E-state index contributed by atoms with van der Waals surface area (Å²) in [6, 6.07) is 14.5. The van der Waals surface area contributed by atoms with Crippen molar-refractivity contribution in [2.75, 3.05) is 11.1 Å². The number of anilines is 1. The zero-order chi connectivity index (χ0) is 13.5. The molecule has 1 heterocycles. The van der Waals surface area contributed by atoms with Crippen LogP contribution in [0.25, 0.3) is 0 Å². The van der Waals surface area contributed by atoms with Gasteiger partial charge in [0.1, 0.15) is 0 Å². The maximum Gasteiger partial charge on any atom is 0.0657 e. The Hall–Kier alpha value is -1.74. The summed E-state index contributed by atoms with van der Waals surface area (Å²) >= 11 is 1.78. The van der Waals surface area contributed by atoms with Gasteiger partial charge in [-0.1, -0.05) is 24.3 Å². The summed E-state index contributed by atoms with van der Waals surface area (Å²) in [6.45, 7) is 5.89. The van der Waals surface area contributed by atoms with Crippen LogP contribution in [0.5, 0.6) is 0 Å². The second kappa shape index (κ2) is 7.00. The Balaban J connectivity index is 2.12. The lowest BCUT2D eigenvalue weighted by atomic mass is 10.2. The van der Waals surface area contributed by atoms with E-state index < -0.39 is 0 Å². The molecule has 0 saturated heterocycles. The van der Waals surface area contributed by atoms with E-state index in [0.717, 1.165) is 17.1 Å². The fourth-order valence-corrected chi connectivity index (χ4v) is 2.55. The molecule has 1 N–H and O–H groups in total. The first-order valence-electron chi connectivity index (χ1n) is 6.31. The van der Waals surface area contributed by atoms with Gasteiger partial charge in [-0.05, 0) is 31.2 Å². The Kier molecular flexibility index (Phi) is 5.04. The molecule has 0 spiro atoms. The van der Waals surface area contributed by atoms with Gasteiger partial charge in [-0.15, -0.1) is 18.3 Å². The lowest BCUT2D eigenvalue weighted by Crippen LogP contribution is -2.08. The number of nitrogens with zero attached hydrogens (tertiary/aromatic N) is 1. The lowest BCUT2D eigenvalue weighted by molar-refractivity contribution is 0.835. The summed E-state index contributed by atoms with van der Waals surface area (Å²) in [4.78, 5) is 5.62. The lowest BCUT2D eigenvalue weighted by Gasteiger charge is -2.17. The van der Waals surface area contributed by atoms with E-state index >= 15 is 0 Å². The van der Waals surface area contributed by atoms with Crippen LogP contribution in [0.3, 0.4) is 0 Å². The van der Waals surface area contributed by atoms with Gasteiger partial charge in [-0.25, -0.2) is 0 Å². The Morgan fingerprint density at radius 2 is 2.05 bits per heavy atom. The monoisotopic (exact) mass is 270 g/mol. The topological polar surface area (TPSA) is 24.9 Å². The second-order valence-electron chi connectivity index (χ2n) is 4.22. The van der Waals surface area contributed by atoms with Crippen molar-refractivity contribution in [3.05, 3.63) is 67.0 Å². The average Bonchev–Trinajstić information content (AvgIpc) is 2.47. The maximum atomic E-state index is 4.38. The maximum absolute atomic E-state index is 4.38. The molecule has 2 nitrogen and oxygen atoms in total. The van der Waals surface area contributed by atoms with Crippen LogP contribution in [-0.4, -0.2) is 10.7 Å². The van der Waals surface area contributed by atoms with Gasteiger partial charge in [0.15, 0.2) is 0 Å². The van der Waals surface area contributed by atoms with E-state index in [9.17, 15) is 0 Å². The third-order valence-electron chi connectivity index (χ3n) is 2.75. The SMILES string of the molecule is C=CCSc1ccccc1NC(C)c1ccccn1.